The second-order valence-corrected chi connectivity index (χ2v) is 6.85. The van der Waals surface area contributed by atoms with E-state index in [0.29, 0.717) is 28.7 Å². The molecular weight excluding hydrogens is 358 g/mol. The van der Waals surface area contributed by atoms with Crippen LogP contribution in [0.3, 0.4) is 0 Å². The highest BCUT2D eigenvalue weighted by atomic mass is 16.5. The summed E-state index contributed by atoms with van der Waals surface area (Å²) in [6.07, 6.45) is 2.33. The van der Waals surface area contributed by atoms with Crippen LogP contribution in [0.4, 0.5) is 5.69 Å². The average molecular weight is 379 g/mol. The molecule has 1 aromatic heterocycles. The van der Waals surface area contributed by atoms with Crippen LogP contribution in [-0.2, 0) is 6.54 Å². The Bertz CT molecular complexity index is 1040. The SMILES string of the molecule is COc1cc(OC)cc(C(=O)N=Nc2c(O)n(CC3CC3)c3ccccc23)c1. The molecule has 2 aromatic carbocycles. The number of hydrogen-bond donors (Lipinski definition) is 1. The Morgan fingerprint density at radius 1 is 1.14 bits per heavy atom. The third kappa shape index (κ3) is 3.43. The van der Waals surface area contributed by atoms with E-state index >= 15 is 0 Å². The number of hydrogen-bond acceptors (Lipinski definition) is 5. The van der Waals surface area contributed by atoms with Gasteiger partial charge in [0.1, 0.15) is 11.5 Å². The predicted octanol–water partition coefficient (Wildman–Crippen LogP) is 4.70. The molecule has 4 rings (SSSR count). The molecule has 0 unspecified atom stereocenters. The number of amides is 1. The van der Waals surface area contributed by atoms with Gasteiger partial charge in [-0.05, 0) is 37.0 Å². The highest BCUT2D eigenvalue weighted by molar-refractivity contribution is 5.97. The van der Waals surface area contributed by atoms with Gasteiger partial charge in [0.2, 0.25) is 5.88 Å². The first kappa shape index (κ1) is 18.0. The van der Waals surface area contributed by atoms with Gasteiger partial charge in [-0.15, -0.1) is 10.2 Å². The Morgan fingerprint density at radius 2 is 1.82 bits per heavy atom. The summed E-state index contributed by atoms with van der Waals surface area (Å²) in [6, 6.07) is 12.4. The number of carbonyl (C=O) groups is 1. The number of azo groups is 1. The third-order valence-corrected chi connectivity index (χ3v) is 4.89. The van der Waals surface area contributed by atoms with Crippen molar-refractivity contribution in [3.63, 3.8) is 0 Å². The molecule has 7 nitrogen and oxygen atoms in total. The molecule has 1 aliphatic carbocycles. The van der Waals surface area contributed by atoms with E-state index in [2.05, 4.69) is 10.2 Å². The van der Waals surface area contributed by atoms with E-state index in [4.69, 9.17) is 9.47 Å². The van der Waals surface area contributed by atoms with Crippen molar-refractivity contribution in [3.8, 4) is 17.4 Å². The van der Waals surface area contributed by atoms with E-state index in [1.54, 1.807) is 18.2 Å². The van der Waals surface area contributed by atoms with Crippen LogP contribution < -0.4 is 9.47 Å². The van der Waals surface area contributed by atoms with Gasteiger partial charge in [-0.1, -0.05) is 18.2 Å². The summed E-state index contributed by atoms with van der Waals surface area (Å²) in [5.41, 5.74) is 1.48. The zero-order valence-electron chi connectivity index (χ0n) is 15.8. The number of carbonyl (C=O) groups excluding carboxylic acids is 1. The summed E-state index contributed by atoms with van der Waals surface area (Å²) in [6.45, 7) is 0.739. The molecule has 1 saturated carbocycles. The molecule has 7 heteroatoms. The Balaban J connectivity index is 1.69. The summed E-state index contributed by atoms with van der Waals surface area (Å²) in [4.78, 5) is 12.5. The van der Waals surface area contributed by atoms with Gasteiger partial charge in [-0.2, -0.15) is 0 Å². The summed E-state index contributed by atoms with van der Waals surface area (Å²) >= 11 is 0. The molecular formula is C21H21N3O4. The van der Waals surface area contributed by atoms with Gasteiger partial charge in [-0.3, -0.25) is 4.79 Å². The molecule has 28 heavy (non-hydrogen) atoms. The second-order valence-electron chi connectivity index (χ2n) is 6.85. The first-order chi connectivity index (χ1) is 13.6. The smallest absolute Gasteiger partial charge is 0.295 e. The van der Waals surface area contributed by atoms with Crippen molar-refractivity contribution < 1.29 is 19.4 Å². The van der Waals surface area contributed by atoms with Crippen LogP contribution in [-0.4, -0.2) is 29.8 Å². The van der Waals surface area contributed by atoms with Gasteiger partial charge in [0.25, 0.3) is 5.91 Å². The van der Waals surface area contributed by atoms with Crippen molar-refractivity contribution in [2.45, 2.75) is 19.4 Å². The number of aromatic hydroxyl groups is 1. The van der Waals surface area contributed by atoms with E-state index in [-0.39, 0.29) is 5.88 Å². The Labute approximate surface area is 162 Å². The molecule has 1 heterocycles. The standard InChI is InChI=1S/C21H21N3O4/c1-27-15-9-14(10-16(11-15)28-2)20(25)23-22-19-17-5-3-4-6-18(17)24(21(19)26)12-13-7-8-13/h3-6,9-11,13,26H,7-8,12H2,1-2H3. The third-order valence-electron chi connectivity index (χ3n) is 4.89. The van der Waals surface area contributed by atoms with E-state index in [1.807, 2.05) is 28.8 Å². The maximum absolute atomic E-state index is 12.5. The molecule has 0 aliphatic heterocycles. The maximum Gasteiger partial charge on any atom is 0.295 e. The van der Waals surface area contributed by atoms with Crippen molar-refractivity contribution >= 4 is 22.5 Å². The Morgan fingerprint density at radius 3 is 2.46 bits per heavy atom. The molecule has 1 amide bonds. The zero-order chi connectivity index (χ0) is 19.7. The van der Waals surface area contributed by atoms with Gasteiger partial charge < -0.3 is 19.1 Å². The molecule has 0 saturated heterocycles. The number of ether oxygens (including phenoxy) is 2. The van der Waals surface area contributed by atoms with E-state index in [9.17, 15) is 9.90 Å². The minimum Gasteiger partial charge on any atom is -0.497 e. The fourth-order valence-corrected chi connectivity index (χ4v) is 3.20. The van der Waals surface area contributed by atoms with E-state index in [1.165, 1.54) is 27.1 Å². The van der Waals surface area contributed by atoms with Crippen molar-refractivity contribution in [2.24, 2.45) is 16.1 Å². The first-order valence-electron chi connectivity index (χ1n) is 9.10. The number of benzene rings is 2. The second kappa shape index (κ2) is 7.34. The Kier molecular flexibility index (Phi) is 4.73. The van der Waals surface area contributed by atoms with Gasteiger partial charge in [0.15, 0.2) is 5.69 Å². The Hall–Kier alpha value is -3.35. The van der Waals surface area contributed by atoms with Crippen LogP contribution >= 0.6 is 0 Å². The predicted molar refractivity (Wildman–Crippen MR) is 105 cm³/mol. The molecule has 1 fully saturated rings. The van der Waals surface area contributed by atoms with Crippen LogP contribution in [0.15, 0.2) is 52.7 Å². The number of fused-ring (bicyclic) bond motifs is 1. The first-order valence-corrected chi connectivity index (χ1v) is 9.10. The molecule has 0 atom stereocenters. The normalized spacial score (nSPS) is 13.9. The number of methoxy groups -OCH3 is 2. The fraction of sp³-hybridized carbons (Fsp3) is 0.286. The van der Waals surface area contributed by atoms with Crippen molar-refractivity contribution in [1.82, 2.24) is 4.57 Å². The van der Waals surface area contributed by atoms with Crippen LogP contribution in [0.25, 0.3) is 10.9 Å². The van der Waals surface area contributed by atoms with Crippen LogP contribution in [0, 0.1) is 5.92 Å². The van der Waals surface area contributed by atoms with Crippen LogP contribution in [0.5, 0.6) is 17.4 Å². The highest BCUT2D eigenvalue weighted by Crippen LogP contribution is 2.42. The molecule has 144 valence electrons. The van der Waals surface area contributed by atoms with Crippen molar-refractivity contribution in [3.05, 3.63) is 48.0 Å². The quantitative estimate of drug-likeness (QED) is 0.629. The molecule has 0 radical (unpaired) electrons. The lowest BCUT2D eigenvalue weighted by molar-refractivity contribution is 0.0994. The molecule has 0 spiro atoms. The van der Waals surface area contributed by atoms with Crippen molar-refractivity contribution in [1.29, 1.82) is 0 Å². The lowest BCUT2D eigenvalue weighted by Gasteiger charge is -2.05. The van der Waals surface area contributed by atoms with Gasteiger partial charge in [0.05, 0.1) is 25.3 Å². The summed E-state index contributed by atoms with van der Waals surface area (Å²) < 4.78 is 12.2. The maximum atomic E-state index is 12.5. The van der Waals surface area contributed by atoms with Gasteiger partial charge >= 0.3 is 0 Å². The number of para-hydroxylation sites is 1. The van der Waals surface area contributed by atoms with Gasteiger partial charge in [-0.25, -0.2) is 0 Å². The van der Waals surface area contributed by atoms with Crippen LogP contribution in [0.1, 0.15) is 23.2 Å². The van der Waals surface area contributed by atoms with Crippen molar-refractivity contribution in [2.75, 3.05) is 14.2 Å². The molecule has 3 aromatic rings. The monoisotopic (exact) mass is 379 g/mol. The fourth-order valence-electron chi connectivity index (χ4n) is 3.20. The van der Waals surface area contributed by atoms with Gasteiger partial charge in [0, 0.05) is 18.0 Å². The molecule has 1 N–H and O–H groups in total. The lowest BCUT2D eigenvalue weighted by Crippen LogP contribution is -1.98. The van der Waals surface area contributed by atoms with E-state index in [0.717, 1.165) is 17.4 Å². The van der Waals surface area contributed by atoms with Crippen LogP contribution in [0.2, 0.25) is 0 Å². The minimum atomic E-state index is -0.546. The minimum absolute atomic E-state index is 0.0351. The number of rotatable bonds is 6. The molecule has 1 aliphatic rings. The largest absolute Gasteiger partial charge is 0.497 e. The topological polar surface area (TPSA) is 85.4 Å². The average Bonchev–Trinajstić information content (AvgIpc) is 3.51. The molecule has 0 bridgehead atoms. The summed E-state index contributed by atoms with van der Waals surface area (Å²) in [7, 11) is 3.02. The summed E-state index contributed by atoms with van der Waals surface area (Å²) in [5.74, 6) is 1.05. The zero-order valence-corrected chi connectivity index (χ0v) is 15.8. The lowest BCUT2D eigenvalue weighted by atomic mass is 10.2. The number of nitrogens with zero attached hydrogens (tertiary/aromatic N) is 3. The van der Waals surface area contributed by atoms with E-state index < -0.39 is 5.91 Å². The highest BCUT2D eigenvalue weighted by Gasteiger charge is 2.25. The number of aromatic nitrogens is 1. The summed E-state index contributed by atoms with van der Waals surface area (Å²) in [5, 5.41) is 19.4.